The summed E-state index contributed by atoms with van der Waals surface area (Å²) in [7, 11) is -3.89. The lowest BCUT2D eigenvalue weighted by Gasteiger charge is -2.30. The molecule has 2 atom stereocenters. The molecule has 9 heteroatoms. The number of hydrogen-bond donors (Lipinski definition) is 0. The molecule has 2 aliphatic carbocycles. The zero-order valence-electron chi connectivity index (χ0n) is 21.0. The first-order valence-electron chi connectivity index (χ1n) is 12.3. The summed E-state index contributed by atoms with van der Waals surface area (Å²) in [5.74, 6) is -0.196. The predicted molar refractivity (Wildman–Crippen MR) is 141 cm³/mol. The summed E-state index contributed by atoms with van der Waals surface area (Å²) in [5, 5.41) is 14.6. The fraction of sp³-hybridized carbons (Fsp3) is 0.357. The van der Waals surface area contributed by atoms with E-state index in [1.165, 1.54) is 27.6 Å². The number of rotatable bonds is 6. The van der Waals surface area contributed by atoms with E-state index in [2.05, 4.69) is 18.1 Å². The smallest absolute Gasteiger partial charge is 0.237 e. The van der Waals surface area contributed by atoms with Crippen LogP contribution in [0.5, 0.6) is 0 Å². The fourth-order valence-electron chi connectivity index (χ4n) is 5.82. The van der Waals surface area contributed by atoms with Crippen molar-refractivity contribution in [3.8, 4) is 11.8 Å². The largest absolute Gasteiger partial charge is 0.244 e. The zero-order valence-corrected chi connectivity index (χ0v) is 22.6. The van der Waals surface area contributed by atoms with Gasteiger partial charge in [-0.25, -0.2) is 17.5 Å². The van der Waals surface area contributed by atoms with E-state index in [1.54, 1.807) is 38.1 Å². The summed E-state index contributed by atoms with van der Waals surface area (Å²) in [6.45, 7) is 5.67. The highest BCUT2D eigenvalue weighted by Crippen LogP contribution is 2.47. The Morgan fingerprint density at radius 3 is 2.65 bits per heavy atom. The van der Waals surface area contributed by atoms with E-state index in [9.17, 15) is 18.1 Å². The lowest BCUT2D eigenvalue weighted by atomic mass is 9.80. The van der Waals surface area contributed by atoms with E-state index in [0.717, 1.165) is 36.2 Å². The van der Waals surface area contributed by atoms with Gasteiger partial charge in [-0.2, -0.15) is 14.7 Å². The second-order valence-electron chi connectivity index (χ2n) is 9.95. The topological polar surface area (TPSA) is 79.0 Å². The van der Waals surface area contributed by atoms with Crippen molar-refractivity contribution < 1.29 is 12.8 Å². The molecule has 192 valence electrons. The fourth-order valence-corrected chi connectivity index (χ4v) is 7.71. The van der Waals surface area contributed by atoms with Crippen LogP contribution >= 0.6 is 11.6 Å². The molecule has 0 fully saturated rings. The van der Waals surface area contributed by atoms with Gasteiger partial charge in [0.15, 0.2) is 0 Å². The highest BCUT2D eigenvalue weighted by molar-refractivity contribution is 7.89. The number of fused-ring (bicyclic) bond motifs is 1. The third-order valence-electron chi connectivity index (χ3n) is 7.67. The Labute approximate surface area is 222 Å². The molecule has 3 aromatic rings. The van der Waals surface area contributed by atoms with E-state index in [1.807, 2.05) is 10.9 Å². The molecule has 0 aliphatic heterocycles. The van der Waals surface area contributed by atoms with Crippen LogP contribution in [0.3, 0.4) is 0 Å². The Morgan fingerprint density at radius 2 is 1.95 bits per heavy atom. The van der Waals surface area contributed by atoms with Crippen LogP contribution in [0.2, 0.25) is 5.02 Å². The van der Waals surface area contributed by atoms with Crippen LogP contribution in [0.1, 0.15) is 48.1 Å². The van der Waals surface area contributed by atoms with Gasteiger partial charge >= 0.3 is 0 Å². The molecule has 37 heavy (non-hydrogen) atoms. The van der Waals surface area contributed by atoms with Crippen LogP contribution in [0.15, 0.2) is 58.6 Å². The maximum Gasteiger partial charge on any atom is 0.244 e. The minimum absolute atomic E-state index is 0.0177. The van der Waals surface area contributed by atoms with Gasteiger partial charge < -0.3 is 0 Å². The van der Waals surface area contributed by atoms with Gasteiger partial charge in [-0.05, 0) is 80.1 Å². The number of halogens is 2. The van der Waals surface area contributed by atoms with Crippen molar-refractivity contribution in [2.24, 2.45) is 5.92 Å². The number of aromatic nitrogens is 2. The Hall–Kier alpha value is -2.99. The second-order valence-corrected chi connectivity index (χ2v) is 12.3. The first-order chi connectivity index (χ1) is 17.6. The molecular formula is C28H28ClFN4O2S. The number of aryl methyl sites for hydroxylation is 2. The van der Waals surface area contributed by atoms with Gasteiger partial charge in [0, 0.05) is 29.5 Å². The number of nitriles is 1. The Balaban J connectivity index is 1.45. The highest BCUT2D eigenvalue weighted by Gasteiger charge is 2.39. The minimum atomic E-state index is -3.89. The lowest BCUT2D eigenvalue weighted by molar-refractivity contribution is 0.383. The molecule has 5 rings (SSSR count). The van der Waals surface area contributed by atoms with E-state index in [0.29, 0.717) is 16.1 Å². The van der Waals surface area contributed by atoms with Crippen LogP contribution in [0, 0.1) is 36.9 Å². The lowest BCUT2D eigenvalue weighted by Crippen LogP contribution is -2.36. The van der Waals surface area contributed by atoms with Crippen molar-refractivity contribution in [2.75, 3.05) is 13.1 Å². The molecule has 0 N–H and O–H groups in total. The maximum atomic E-state index is 13.7. The van der Waals surface area contributed by atoms with E-state index in [4.69, 9.17) is 11.6 Å². The Kier molecular flexibility index (Phi) is 6.73. The van der Waals surface area contributed by atoms with Crippen LogP contribution in [-0.4, -0.2) is 35.6 Å². The minimum Gasteiger partial charge on any atom is -0.237 e. The summed E-state index contributed by atoms with van der Waals surface area (Å²) < 4.78 is 44.0. The van der Waals surface area contributed by atoms with Gasteiger partial charge in [-0.15, -0.1) is 0 Å². The first-order valence-corrected chi connectivity index (χ1v) is 14.1. The maximum absolute atomic E-state index is 13.7. The third-order valence-corrected chi connectivity index (χ3v) is 10.0. The number of hydrogen-bond acceptors (Lipinski definition) is 4. The number of sulfonamides is 1. The first kappa shape index (κ1) is 25.7. The Morgan fingerprint density at radius 1 is 1.22 bits per heavy atom. The molecule has 2 aromatic carbocycles. The van der Waals surface area contributed by atoms with Gasteiger partial charge in [-0.1, -0.05) is 29.7 Å². The number of allylic oxidation sites excluding steroid dienone is 1. The molecule has 0 unspecified atom stereocenters. The van der Waals surface area contributed by atoms with Gasteiger partial charge in [0.25, 0.3) is 0 Å². The van der Waals surface area contributed by atoms with Crippen molar-refractivity contribution >= 4 is 21.6 Å². The van der Waals surface area contributed by atoms with Crippen LogP contribution in [0.4, 0.5) is 4.39 Å². The SMILES string of the molecule is Cc1cc(S(=O)(=O)N(CC#N)C[C@H]2CCC3=C2[C@@H](C)c2cnn(-c4ccc(F)cc4)c2C3)c(C)cc1Cl. The standard InChI is InChI=1S/C28H28ClFN4O2S/c1-17-13-27(18(2)12-25(17)29)37(35,36)33(11-10-31)16-21-5-4-20-14-26-24(19(3)28(20)21)15-32-34(26)23-8-6-22(30)7-9-23/h6-9,12-13,15,19,21H,4-5,11,14,16H2,1-3H3/t19-,21+/m0/s1. The predicted octanol–water partition coefficient (Wildman–Crippen LogP) is 5.86. The summed E-state index contributed by atoms with van der Waals surface area (Å²) in [6, 6.07) is 11.6. The molecular weight excluding hydrogens is 511 g/mol. The van der Waals surface area contributed by atoms with Crippen molar-refractivity contribution in [3.63, 3.8) is 0 Å². The average molecular weight is 539 g/mol. The molecule has 0 radical (unpaired) electrons. The zero-order chi connectivity index (χ0) is 26.5. The van der Waals surface area contributed by atoms with Crippen molar-refractivity contribution in [1.82, 2.24) is 14.1 Å². The molecule has 2 aliphatic rings. The molecule has 6 nitrogen and oxygen atoms in total. The van der Waals surface area contributed by atoms with Crippen LogP contribution < -0.4 is 0 Å². The summed E-state index contributed by atoms with van der Waals surface area (Å²) >= 11 is 6.21. The van der Waals surface area contributed by atoms with E-state index >= 15 is 0 Å². The van der Waals surface area contributed by atoms with Crippen molar-refractivity contribution in [1.29, 1.82) is 5.26 Å². The molecule has 1 aromatic heterocycles. The molecule has 0 saturated carbocycles. The molecule has 1 heterocycles. The monoisotopic (exact) mass is 538 g/mol. The Bertz CT molecular complexity index is 1550. The van der Waals surface area contributed by atoms with E-state index < -0.39 is 10.0 Å². The number of nitrogens with zero attached hydrogens (tertiary/aromatic N) is 4. The molecule has 0 bridgehead atoms. The van der Waals surface area contributed by atoms with Gasteiger partial charge in [0.1, 0.15) is 12.4 Å². The number of benzene rings is 2. The normalized spacial score (nSPS) is 19.2. The van der Waals surface area contributed by atoms with Gasteiger partial charge in [0.2, 0.25) is 10.0 Å². The van der Waals surface area contributed by atoms with Gasteiger partial charge in [0.05, 0.1) is 28.5 Å². The molecule has 0 saturated heterocycles. The van der Waals surface area contributed by atoms with Crippen LogP contribution in [-0.2, 0) is 16.4 Å². The van der Waals surface area contributed by atoms with Crippen LogP contribution in [0.25, 0.3) is 5.69 Å². The summed E-state index contributed by atoms with van der Waals surface area (Å²) in [6.07, 6.45) is 4.30. The van der Waals surface area contributed by atoms with Crippen molar-refractivity contribution in [2.45, 2.75) is 50.8 Å². The average Bonchev–Trinajstić information content (AvgIpc) is 3.46. The third kappa shape index (κ3) is 4.50. The highest BCUT2D eigenvalue weighted by atomic mass is 35.5. The van der Waals surface area contributed by atoms with Gasteiger partial charge in [-0.3, -0.25) is 0 Å². The summed E-state index contributed by atoms with van der Waals surface area (Å²) in [4.78, 5) is 0.191. The van der Waals surface area contributed by atoms with E-state index in [-0.39, 0.29) is 35.6 Å². The van der Waals surface area contributed by atoms with Crippen molar-refractivity contribution in [3.05, 3.63) is 87.0 Å². The summed E-state index contributed by atoms with van der Waals surface area (Å²) in [5.41, 5.74) is 6.82. The molecule has 0 spiro atoms. The second kappa shape index (κ2) is 9.71. The quantitative estimate of drug-likeness (QED) is 0.291. The molecule has 0 amide bonds.